The quantitative estimate of drug-likeness (QED) is 0.655. The molecule has 2 amide bonds. The second-order valence-electron chi connectivity index (χ2n) is 5.02. The first-order chi connectivity index (χ1) is 11.9. The zero-order valence-electron chi connectivity index (χ0n) is 13.6. The van der Waals surface area contributed by atoms with E-state index in [1.165, 1.54) is 7.11 Å². The zero-order valence-corrected chi connectivity index (χ0v) is 16.7. The van der Waals surface area contributed by atoms with E-state index in [0.717, 1.165) is 14.5 Å². The average Bonchev–Trinajstić information content (AvgIpc) is 2.58. The number of ether oxygens (including phenoxy) is 2. The number of nitrogens with one attached hydrogen (secondary N) is 2. The Morgan fingerprint density at radius 1 is 1.12 bits per heavy atom. The number of carbonyl (C=O) groups excluding carboxylic acids is 2. The zero-order chi connectivity index (χ0) is 18.4. The summed E-state index contributed by atoms with van der Waals surface area (Å²) in [6.45, 7) is 1.62. The summed E-state index contributed by atoms with van der Waals surface area (Å²) in [7, 11) is 1.47. The lowest BCUT2D eigenvalue weighted by Crippen LogP contribution is -2.44. The molecule has 8 heteroatoms. The molecule has 0 aromatic heterocycles. The number of hydrogen-bond donors (Lipinski definition) is 2. The van der Waals surface area contributed by atoms with Crippen molar-refractivity contribution in [2.24, 2.45) is 0 Å². The molecule has 0 aliphatic carbocycles. The van der Waals surface area contributed by atoms with Crippen LogP contribution in [0.15, 0.2) is 45.3 Å². The van der Waals surface area contributed by atoms with Crippen molar-refractivity contribution in [3.8, 4) is 11.5 Å². The number of halogens is 2. The summed E-state index contributed by atoms with van der Waals surface area (Å²) in [4.78, 5) is 24.0. The van der Waals surface area contributed by atoms with Crippen LogP contribution in [-0.4, -0.2) is 25.5 Å². The van der Waals surface area contributed by atoms with Gasteiger partial charge in [0.25, 0.3) is 11.8 Å². The summed E-state index contributed by atoms with van der Waals surface area (Å²) >= 11 is 6.77. The van der Waals surface area contributed by atoms with Crippen molar-refractivity contribution in [1.82, 2.24) is 10.9 Å². The van der Waals surface area contributed by atoms with E-state index in [2.05, 4.69) is 42.7 Å². The van der Waals surface area contributed by atoms with E-state index < -0.39 is 11.8 Å². The summed E-state index contributed by atoms with van der Waals surface area (Å²) in [5.74, 6) is 0.0126. The van der Waals surface area contributed by atoms with Crippen LogP contribution in [0.3, 0.4) is 0 Å². The molecule has 0 atom stereocenters. The summed E-state index contributed by atoms with van der Waals surface area (Å²) in [6, 6.07) is 10.4. The number of carbonyl (C=O) groups is 2. The summed E-state index contributed by atoms with van der Waals surface area (Å²) in [5.41, 5.74) is 5.82. The number of hydrazine groups is 1. The average molecular weight is 472 g/mol. The smallest absolute Gasteiger partial charge is 0.276 e. The SMILES string of the molecule is COc1ccccc1C(=O)NNC(=O)COc1c(C)cc(Br)cc1Br. The van der Waals surface area contributed by atoms with Crippen molar-refractivity contribution in [1.29, 1.82) is 0 Å². The third-order valence-electron chi connectivity index (χ3n) is 3.21. The molecule has 0 aliphatic rings. The van der Waals surface area contributed by atoms with Gasteiger partial charge in [0.05, 0.1) is 17.1 Å². The Bertz CT molecular complexity index is 773. The summed E-state index contributed by atoms with van der Waals surface area (Å²) in [6.07, 6.45) is 0. The van der Waals surface area contributed by atoms with E-state index in [0.29, 0.717) is 17.1 Å². The highest BCUT2D eigenvalue weighted by Gasteiger charge is 2.13. The molecule has 2 aromatic carbocycles. The highest BCUT2D eigenvalue weighted by atomic mass is 79.9. The third-order valence-corrected chi connectivity index (χ3v) is 4.26. The van der Waals surface area contributed by atoms with E-state index in [9.17, 15) is 9.59 Å². The Kier molecular flexibility index (Phi) is 6.83. The molecule has 0 unspecified atom stereocenters. The Morgan fingerprint density at radius 3 is 2.52 bits per heavy atom. The fourth-order valence-corrected chi connectivity index (χ4v) is 3.62. The lowest BCUT2D eigenvalue weighted by Gasteiger charge is -2.13. The normalized spacial score (nSPS) is 10.1. The maximum absolute atomic E-state index is 12.1. The third kappa shape index (κ3) is 5.20. The first-order valence-electron chi connectivity index (χ1n) is 7.23. The molecule has 2 N–H and O–H groups in total. The lowest BCUT2D eigenvalue weighted by atomic mass is 10.2. The Morgan fingerprint density at radius 2 is 1.84 bits per heavy atom. The van der Waals surface area contributed by atoms with Gasteiger partial charge in [0.1, 0.15) is 11.5 Å². The van der Waals surface area contributed by atoms with E-state index >= 15 is 0 Å². The number of rotatable bonds is 5. The van der Waals surface area contributed by atoms with E-state index in [1.807, 2.05) is 19.1 Å². The van der Waals surface area contributed by atoms with Crippen LogP contribution in [0.25, 0.3) is 0 Å². The molecule has 2 rings (SSSR count). The number of benzene rings is 2. The van der Waals surface area contributed by atoms with Crippen molar-refractivity contribution in [3.05, 3.63) is 56.5 Å². The van der Waals surface area contributed by atoms with Crippen LogP contribution in [0.2, 0.25) is 0 Å². The molecule has 0 saturated carbocycles. The van der Waals surface area contributed by atoms with E-state index in [1.54, 1.807) is 24.3 Å². The maximum Gasteiger partial charge on any atom is 0.276 e. The second kappa shape index (κ2) is 8.87. The molecule has 0 saturated heterocycles. The van der Waals surface area contributed by atoms with Crippen molar-refractivity contribution in [2.45, 2.75) is 6.92 Å². The Balaban J connectivity index is 1.90. The molecule has 6 nitrogen and oxygen atoms in total. The van der Waals surface area contributed by atoms with Gasteiger partial charge in [0.2, 0.25) is 0 Å². The van der Waals surface area contributed by atoms with Crippen LogP contribution in [0, 0.1) is 6.92 Å². The van der Waals surface area contributed by atoms with Gasteiger partial charge in [-0.2, -0.15) is 0 Å². The van der Waals surface area contributed by atoms with Crippen molar-refractivity contribution in [2.75, 3.05) is 13.7 Å². The lowest BCUT2D eigenvalue weighted by molar-refractivity contribution is -0.123. The molecule has 2 aromatic rings. The van der Waals surface area contributed by atoms with Crippen molar-refractivity contribution >= 4 is 43.7 Å². The fourth-order valence-electron chi connectivity index (χ4n) is 2.07. The van der Waals surface area contributed by atoms with Crippen LogP contribution in [0.1, 0.15) is 15.9 Å². The number of amides is 2. The summed E-state index contributed by atoms with van der Waals surface area (Å²) in [5, 5.41) is 0. The molecule has 0 bridgehead atoms. The standard InChI is InChI=1S/C17H16Br2N2O4/c1-10-7-11(18)8-13(19)16(10)25-9-15(22)20-21-17(23)12-5-3-4-6-14(12)24-2/h3-8H,9H2,1-2H3,(H,20,22)(H,21,23). The molecular weight excluding hydrogens is 456 g/mol. The van der Waals surface area contributed by atoms with Gasteiger partial charge in [0, 0.05) is 4.47 Å². The summed E-state index contributed by atoms with van der Waals surface area (Å²) < 4.78 is 12.2. The van der Waals surface area contributed by atoms with Crippen molar-refractivity contribution in [3.63, 3.8) is 0 Å². The Hall–Kier alpha value is -2.06. The van der Waals surface area contributed by atoms with Crippen LogP contribution >= 0.6 is 31.9 Å². The van der Waals surface area contributed by atoms with Gasteiger partial charge < -0.3 is 9.47 Å². The van der Waals surface area contributed by atoms with Crippen LogP contribution in [-0.2, 0) is 4.79 Å². The first kappa shape index (κ1) is 19.3. The van der Waals surface area contributed by atoms with Crippen LogP contribution in [0.5, 0.6) is 11.5 Å². The molecular formula is C17H16Br2N2O4. The van der Waals surface area contributed by atoms with Gasteiger partial charge in [-0.3, -0.25) is 20.4 Å². The largest absolute Gasteiger partial charge is 0.496 e. The molecule has 0 radical (unpaired) electrons. The minimum absolute atomic E-state index is 0.243. The van der Waals surface area contributed by atoms with Gasteiger partial charge in [-0.15, -0.1) is 0 Å². The van der Waals surface area contributed by atoms with E-state index in [4.69, 9.17) is 9.47 Å². The van der Waals surface area contributed by atoms with Gasteiger partial charge >= 0.3 is 0 Å². The molecule has 0 aliphatic heterocycles. The number of hydrogen-bond acceptors (Lipinski definition) is 4. The van der Waals surface area contributed by atoms with Gasteiger partial charge in [-0.25, -0.2) is 0 Å². The van der Waals surface area contributed by atoms with Crippen molar-refractivity contribution < 1.29 is 19.1 Å². The number of aryl methyl sites for hydroxylation is 1. The predicted octanol–water partition coefficient (Wildman–Crippen LogP) is 3.37. The molecule has 132 valence electrons. The highest BCUT2D eigenvalue weighted by Crippen LogP contribution is 2.32. The molecule has 25 heavy (non-hydrogen) atoms. The minimum Gasteiger partial charge on any atom is -0.496 e. The Labute approximate surface area is 162 Å². The molecule has 0 heterocycles. The van der Waals surface area contributed by atoms with Gasteiger partial charge in [-0.1, -0.05) is 28.1 Å². The van der Waals surface area contributed by atoms with Gasteiger partial charge in [0.15, 0.2) is 6.61 Å². The minimum atomic E-state index is -0.488. The van der Waals surface area contributed by atoms with Crippen LogP contribution < -0.4 is 20.3 Å². The maximum atomic E-state index is 12.1. The molecule has 0 spiro atoms. The number of para-hydroxylation sites is 1. The van der Waals surface area contributed by atoms with Gasteiger partial charge in [-0.05, 0) is 52.7 Å². The predicted molar refractivity (Wildman–Crippen MR) is 101 cm³/mol. The number of methoxy groups -OCH3 is 1. The fraction of sp³-hybridized carbons (Fsp3) is 0.176. The highest BCUT2D eigenvalue weighted by molar-refractivity contribution is 9.11. The molecule has 0 fully saturated rings. The topological polar surface area (TPSA) is 76.7 Å². The first-order valence-corrected chi connectivity index (χ1v) is 8.81. The van der Waals surface area contributed by atoms with E-state index in [-0.39, 0.29) is 6.61 Å². The monoisotopic (exact) mass is 470 g/mol. The second-order valence-corrected chi connectivity index (χ2v) is 6.79. The van der Waals surface area contributed by atoms with Crippen LogP contribution in [0.4, 0.5) is 0 Å².